The molecule has 6 nitrogen and oxygen atoms in total. The number of nitrogens with one attached hydrogen (secondary N) is 2. The average molecular weight is 474 g/mol. The predicted octanol–water partition coefficient (Wildman–Crippen LogP) is 4.49. The maximum atomic E-state index is 11.9. The summed E-state index contributed by atoms with van der Waals surface area (Å²) in [6, 6.07) is 4.99. The van der Waals surface area contributed by atoms with Crippen molar-refractivity contribution in [1.29, 1.82) is 0 Å². The van der Waals surface area contributed by atoms with Crippen molar-refractivity contribution in [3.8, 4) is 11.5 Å². The summed E-state index contributed by atoms with van der Waals surface area (Å²) in [6.07, 6.45) is 3.37. The van der Waals surface area contributed by atoms with Crippen LogP contribution in [0.15, 0.2) is 18.2 Å². The van der Waals surface area contributed by atoms with E-state index in [2.05, 4.69) is 17.6 Å². The van der Waals surface area contributed by atoms with Gasteiger partial charge < -0.3 is 20.1 Å². The third-order valence-corrected chi connectivity index (χ3v) is 4.54. The van der Waals surface area contributed by atoms with Crippen LogP contribution in [0, 0.1) is 0 Å². The second-order valence-electron chi connectivity index (χ2n) is 5.87. The number of ether oxygens (including phenoxy) is 2. The molecule has 1 aromatic rings. The first-order valence-corrected chi connectivity index (χ1v) is 10.5. The summed E-state index contributed by atoms with van der Waals surface area (Å²) in [5.74, 6) is -0.378. The Labute approximate surface area is 185 Å². The van der Waals surface area contributed by atoms with Gasteiger partial charge in [0.2, 0.25) is 0 Å². The highest BCUT2D eigenvalue weighted by atomic mass is 35.5. The first-order valence-electron chi connectivity index (χ1n) is 8.77. The summed E-state index contributed by atoms with van der Waals surface area (Å²) in [6.45, 7) is 2.71. The molecule has 2 N–H and O–H groups in total. The molecule has 0 aromatic heterocycles. The van der Waals surface area contributed by atoms with Crippen LogP contribution < -0.4 is 20.1 Å². The van der Waals surface area contributed by atoms with Crippen LogP contribution in [0.3, 0.4) is 0 Å². The van der Waals surface area contributed by atoms with Gasteiger partial charge in [0, 0.05) is 0 Å². The number of carbonyl (C=O) groups excluding carboxylic acids is 2. The SMILES string of the molecule is CCCCCCOc1ccc(C(NC(=O)C(Cl)Cl)NC(=O)C(Cl)Cl)cc1OC. The molecule has 0 aliphatic heterocycles. The molecule has 0 atom stereocenters. The Balaban J connectivity index is 2.96. The fourth-order valence-electron chi connectivity index (χ4n) is 2.31. The number of benzene rings is 1. The number of hydrogen-bond donors (Lipinski definition) is 2. The lowest BCUT2D eigenvalue weighted by Gasteiger charge is -2.22. The van der Waals surface area contributed by atoms with E-state index in [0.717, 1.165) is 25.7 Å². The van der Waals surface area contributed by atoms with E-state index >= 15 is 0 Å². The highest BCUT2D eigenvalue weighted by Crippen LogP contribution is 2.30. The Morgan fingerprint density at radius 1 is 0.964 bits per heavy atom. The van der Waals surface area contributed by atoms with Gasteiger partial charge in [-0.1, -0.05) is 78.7 Å². The normalized spacial score (nSPS) is 11.0. The molecule has 2 amide bonds. The molecule has 1 aromatic carbocycles. The molecule has 1 rings (SSSR count). The van der Waals surface area contributed by atoms with E-state index in [1.807, 2.05) is 0 Å². The molecule has 0 radical (unpaired) electrons. The predicted molar refractivity (Wildman–Crippen MR) is 113 cm³/mol. The van der Waals surface area contributed by atoms with Crippen molar-refractivity contribution < 1.29 is 19.1 Å². The standard InChI is InChI=1S/C18H24Cl4N2O4/c1-3-4-5-6-9-28-12-8-7-11(10-13(12)27-2)16(23-17(25)14(19)20)24-18(26)15(21)22/h7-8,10,14-16H,3-6,9H2,1-2H3,(H,23,25)(H,24,26). The topological polar surface area (TPSA) is 76.7 Å². The molecule has 10 heteroatoms. The second-order valence-corrected chi connectivity index (χ2v) is 8.06. The zero-order valence-electron chi connectivity index (χ0n) is 15.6. The van der Waals surface area contributed by atoms with Crippen LogP contribution in [0.1, 0.15) is 44.3 Å². The van der Waals surface area contributed by atoms with Crippen molar-refractivity contribution >= 4 is 58.2 Å². The monoisotopic (exact) mass is 472 g/mol. The molecule has 0 unspecified atom stereocenters. The average Bonchev–Trinajstić information content (AvgIpc) is 2.66. The van der Waals surface area contributed by atoms with Crippen LogP contribution in [0.25, 0.3) is 0 Å². The zero-order valence-corrected chi connectivity index (χ0v) is 18.7. The van der Waals surface area contributed by atoms with Gasteiger partial charge in [-0.2, -0.15) is 0 Å². The van der Waals surface area contributed by atoms with E-state index in [9.17, 15) is 9.59 Å². The van der Waals surface area contributed by atoms with Crippen LogP contribution in [-0.4, -0.2) is 35.2 Å². The minimum absolute atomic E-state index is 0.447. The number of rotatable bonds is 12. The van der Waals surface area contributed by atoms with Crippen LogP contribution in [-0.2, 0) is 9.59 Å². The lowest BCUT2D eigenvalue weighted by Crippen LogP contribution is -2.44. The van der Waals surface area contributed by atoms with Crippen LogP contribution in [0.4, 0.5) is 0 Å². The summed E-state index contributed by atoms with van der Waals surface area (Å²) >= 11 is 22.3. The summed E-state index contributed by atoms with van der Waals surface area (Å²) in [5.41, 5.74) is 0.500. The summed E-state index contributed by atoms with van der Waals surface area (Å²) in [5, 5.41) is 5.01. The molecular weight excluding hydrogens is 450 g/mol. The molecule has 0 saturated heterocycles. The van der Waals surface area contributed by atoms with Gasteiger partial charge in [-0.15, -0.1) is 0 Å². The summed E-state index contributed by atoms with van der Waals surface area (Å²) < 4.78 is 11.1. The van der Waals surface area contributed by atoms with Gasteiger partial charge in [0.15, 0.2) is 21.2 Å². The minimum atomic E-state index is -1.31. The Bertz CT molecular complexity index is 622. The van der Waals surface area contributed by atoms with Gasteiger partial charge in [0.1, 0.15) is 6.17 Å². The van der Waals surface area contributed by atoms with Crippen molar-refractivity contribution in [3.05, 3.63) is 23.8 Å². The van der Waals surface area contributed by atoms with E-state index in [4.69, 9.17) is 55.9 Å². The molecule has 158 valence electrons. The number of alkyl halides is 4. The number of hydrogen-bond acceptors (Lipinski definition) is 4. The first-order chi connectivity index (χ1) is 13.3. The maximum Gasteiger partial charge on any atom is 0.255 e. The first kappa shape index (κ1) is 25.0. The van der Waals surface area contributed by atoms with E-state index in [1.54, 1.807) is 18.2 Å². The van der Waals surface area contributed by atoms with Crippen LogP contribution in [0.5, 0.6) is 11.5 Å². The Kier molecular flexibility index (Phi) is 11.8. The number of carbonyl (C=O) groups is 2. The van der Waals surface area contributed by atoms with Crippen molar-refractivity contribution in [3.63, 3.8) is 0 Å². The number of methoxy groups -OCH3 is 1. The summed E-state index contributed by atoms with van der Waals surface area (Å²) in [7, 11) is 1.50. The second kappa shape index (κ2) is 13.2. The van der Waals surface area contributed by atoms with Crippen molar-refractivity contribution in [2.75, 3.05) is 13.7 Å². The lowest BCUT2D eigenvalue weighted by atomic mass is 10.1. The van der Waals surface area contributed by atoms with E-state index in [0.29, 0.717) is 23.7 Å². The quantitative estimate of drug-likeness (QED) is 0.266. The molecule has 0 aliphatic carbocycles. The third-order valence-electron chi connectivity index (χ3n) is 3.75. The van der Waals surface area contributed by atoms with E-state index in [-0.39, 0.29) is 0 Å². The van der Waals surface area contributed by atoms with Gasteiger partial charge in [0.25, 0.3) is 11.8 Å². The largest absolute Gasteiger partial charge is 0.493 e. The molecule has 0 saturated carbocycles. The third kappa shape index (κ3) is 8.52. The highest BCUT2D eigenvalue weighted by molar-refractivity contribution is 6.54. The maximum absolute atomic E-state index is 11.9. The minimum Gasteiger partial charge on any atom is -0.493 e. The van der Waals surface area contributed by atoms with Gasteiger partial charge in [-0.25, -0.2) is 0 Å². The molecule has 0 fully saturated rings. The van der Waals surface area contributed by atoms with Gasteiger partial charge in [-0.05, 0) is 24.1 Å². The molecule has 0 spiro atoms. The zero-order chi connectivity index (χ0) is 21.1. The molecule has 0 heterocycles. The molecular formula is C18H24Cl4N2O4. The Morgan fingerprint density at radius 3 is 2.07 bits per heavy atom. The van der Waals surface area contributed by atoms with Crippen molar-refractivity contribution in [1.82, 2.24) is 10.6 Å². The number of halogens is 4. The van der Waals surface area contributed by atoms with Gasteiger partial charge in [-0.3, -0.25) is 9.59 Å². The van der Waals surface area contributed by atoms with Gasteiger partial charge in [0.05, 0.1) is 13.7 Å². The summed E-state index contributed by atoms with van der Waals surface area (Å²) in [4.78, 5) is 21.1. The van der Waals surface area contributed by atoms with Crippen molar-refractivity contribution in [2.24, 2.45) is 0 Å². The van der Waals surface area contributed by atoms with Crippen LogP contribution >= 0.6 is 46.4 Å². The van der Waals surface area contributed by atoms with Crippen LogP contribution in [0.2, 0.25) is 0 Å². The fraction of sp³-hybridized carbons (Fsp3) is 0.556. The van der Waals surface area contributed by atoms with Crippen molar-refractivity contribution in [2.45, 2.75) is 48.4 Å². The lowest BCUT2D eigenvalue weighted by molar-refractivity contribution is -0.122. The van der Waals surface area contributed by atoms with E-state index < -0.39 is 27.7 Å². The Morgan fingerprint density at radius 2 is 1.57 bits per heavy atom. The van der Waals surface area contributed by atoms with E-state index in [1.165, 1.54) is 7.11 Å². The number of unbranched alkanes of at least 4 members (excludes halogenated alkanes) is 3. The molecule has 28 heavy (non-hydrogen) atoms. The Hall–Kier alpha value is -1.08. The smallest absolute Gasteiger partial charge is 0.255 e. The molecule has 0 aliphatic rings. The number of amides is 2. The van der Waals surface area contributed by atoms with Gasteiger partial charge >= 0.3 is 0 Å². The highest BCUT2D eigenvalue weighted by Gasteiger charge is 2.24. The fourth-order valence-corrected chi connectivity index (χ4v) is 2.56. The molecule has 0 bridgehead atoms.